The van der Waals surface area contributed by atoms with E-state index in [1.54, 1.807) is 29.2 Å². The highest BCUT2D eigenvalue weighted by Crippen LogP contribution is 2.17. The number of carbonyl (C=O) groups excluding carboxylic acids is 1. The molecule has 1 saturated heterocycles. The largest absolute Gasteiger partial charge is 0.482 e. The van der Waals surface area contributed by atoms with Gasteiger partial charge in [-0.25, -0.2) is 4.79 Å². The molecule has 7 heteroatoms. The van der Waals surface area contributed by atoms with E-state index in [1.807, 2.05) is 6.07 Å². The Morgan fingerprint density at radius 1 is 1.39 bits per heavy atom. The Bertz CT molecular complexity index is 657. The zero-order chi connectivity index (χ0) is 16.7. The molecular formula is C16H16N2O5. The number of ether oxygens (including phenoxy) is 2. The molecule has 0 spiro atoms. The minimum atomic E-state index is -1.08. The number of carbonyl (C=O) groups is 2. The van der Waals surface area contributed by atoms with Gasteiger partial charge >= 0.3 is 5.97 Å². The molecule has 1 fully saturated rings. The van der Waals surface area contributed by atoms with Crippen molar-refractivity contribution in [1.82, 2.24) is 4.90 Å². The molecule has 23 heavy (non-hydrogen) atoms. The highest BCUT2D eigenvalue weighted by molar-refractivity contribution is 6.01. The van der Waals surface area contributed by atoms with Gasteiger partial charge in [-0.1, -0.05) is 12.1 Å². The van der Waals surface area contributed by atoms with Crippen LogP contribution in [0, 0.1) is 11.3 Å². The standard InChI is InChI=1S/C16H16N2O5/c17-10-13(16(21)18-4-6-22-7-5-18)8-12-2-1-3-14(9-12)23-11-15(19)20/h1-3,8-9H,4-7,11H2,(H,19,20)/b13-8+. The second-order valence-electron chi connectivity index (χ2n) is 4.83. The molecule has 0 aliphatic carbocycles. The van der Waals surface area contributed by atoms with Crippen LogP contribution in [-0.2, 0) is 14.3 Å². The van der Waals surface area contributed by atoms with E-state index in [0.29, 0.717) is 37.6 Å². The van der Waals surface area contributed by atoms with Crippen molar-refractivity contribution in [3.63, 3.8) is 0 Å². The molecule has 0 bridgehead atoms. The topological polar surface area (TPSA) is 99.9 Å². The van der Waals surface area contributed by atoms with Gasteiger partial charge in [-0.15, -0.1) is 0 Å². The van der Waals surface area contributed by atoms with Gasteiger partial charge in [0.05, 0.1) is 13.2 Å². The van der Waals surface area contributed by atoms with Gasteiger partial charge < -0.3 is 19.5 Å². The zero-order valence-corrected chi connectivity index (χ0v) is 12.4. The number of nitrogens with zero attached hydrogens (tertiary/aromatic N) is 2. The van der Waals surface area contributed by atoms with Crippen LogP contribution < -0.4 is 4.74 Å². The van der Waals surface area contributed by atoms with Gasteiger partial charge in [0.15, 0.2) is 6.61 Å². The summed E-state index contributed by atoms with van der Waals surface area (Å²) in [6.07, 6.45) is 1.46. The first-order chi connectivity index (χ1) is 11.1. The molecule has 1 N–H and O–H groups in total. The molecule has 1 aromatic rings. The quantitative estimate of drug-likeness (QED) is 0.640. The fourth-order valence-corrected chi connectivity index (χ4v) is 2.08. The van der Waals surface area contributed by atoms with E-state index in [-0.39, 0.29) is 11.5 Å². The Morgan fingerprint density at radius 3 is 2.78 bits per heavy atom. The van der Waals surface area contributed by atoms with Crippen molar-refractivity contribution in [2.24, 2.45) is 0 Å². The lowest BCUT2D eigenvalue weighted by atomic mass is 10.1. The van der Waals surface area contributed by atoms with Crippen molar-refractivity contribution in [2.75, 3.05) is 32.9 Å². The Labute approximate surface area is 133 Å². The second kappa shape index (κ2) is 7.96. The Kier molecular flexibility index (Phi) is 5.72. The lowest BCUT2D eigenvalue weighted by Crippen LogP contribution is -2.41. The molecule has 120 valence electrons. The number of hydrogen-bond donors (Lipinski definition) is 1. The van der Waals surface area contributed by atoms with Crippen LogP contribution >= 0.6 is 0 Å². The number of carboxylic acids is 1. The molecular weight excluding hydrogens is 300 g/mol. The smallest absolute Gasteiger partial charge is 0.341 e. The van der Waals surface area contributed by atoms with Gasteiger partial charge in [0.25, 0.3) is 5.91 Å². The summed E-state index contributed by atoms with van der Waals surface area (Å²) in [5.41, 5.74) is 0.605. The third kappa shape index (κ3) is 4.83. The second-order valence-corrected chi connectivity index (χ2v) is 4.83. The van der Waals surface area contributed by atoms with Crippen LogP contribution in [0.25, 0.3) is 6.08 Å². The van der Waals surface area contributed by atoms with Crippen LogP contribution in [0.3, 0.4) is 0 Å². The van der Waals surface area contributed by atoms with E-state index in [1.165, 1.54) is 6.08 Å². The highest BCUT2D eigenvalue weighted by Gasteiger charge is 2.20. The molecule has 0 unspecified atom stereocenters. The van der Waals surface area contributed by atoms with Crippen molar-refractivity contribution in [2.45, 2.75) is 0 Å². The summed E-state index contributed by atoms with van der Waals surface area (Å²) in [7, 11) is 0. The first-order valence-electron chi connectivity index (χ1n) is 7.03. The number of aliphatic carboxylic acids is 1. The third-order valence-electron chi connectivity index (χ3n) is 3.18. The maximum atomic E-state index is 12.3. The number of benzene rings is 1. The molecule has 2 rings (SSSR count). The van der Waals surface area contributed by atoms with Crippen molar-refractivity contribution in [1.29, 1.82) is 5.26 Å². The molecule has 1 aliphatic heterocycles. The van der Waals surface area contributed by atoms with Crippen LogP contribution in [0.15, 0.2) is 29.8 Å². The number of nitriles is 1. The maximum Gasteiger partial charge on any atom is 0.341 e. The lowest BCUT2D eigenvalue weighted by Gasteiger charge is -2.26. The van der Waals surface area contributed by atoms with E-state index < -0.39 is 12.6 Å². The number of morpholine rings is 1. The van der Waals surface area contributed by atoms with Crippen molar-refractivity contribution >= 4 is 18.0 Å². The summed E-state index contributed by atoms with van der Waals surface area (Å²) in [6.45, 7) is 1.39. The predicted molar refractivity (Wildman–Crippen MR) is 80.6 cm³/mol. The number of carboxylic acid groups (broad SMARTS) is 1. The van der Waals surface area contributed by atoms with E-state index in [4.69, 9.17) is 14.6 Å². The van der Waals surface area contributed by atoms with Crippen LogP contribution in [0.5, 0.6) is 5.75 Å². The Morgan fingerprint density at radius 2 is 2.13 bits per heavy atom. The molecule has 0 atom stereocenters. The van der Waals surface area contributed by atoms with Gasteiger partial charge in [-0.2, -0.15) is 5.26 Å². The van der Waals surface area contributed by atoms with Crippen molar-refractivity contribution in [3.8, 4) is 11.8 Å². The third-order valence-corrected chi connectivity index (χ3v) is 3.18. The minimum absolute atomic E-state index is 0.0160. The van der Waals surface area contributed by atoms with Crippen LogP contribution in [0.1, 0.15) is 5.56 Å². The van der Waals surface area contributed by atoms with E-state index >= 15 is 0 Å². The first kappa shape index (κ1) is 16.5. The summed E-state index contributed by atoms with van der Waals surface area (Å²) in [5, 5.41) is 17.8. The minimum Gasteiger partial charge on any atom is -0.482 e. The molecule has 1 heterocycles. The summed E-state index contributed by atoms with van der Waals surface area (Å²) in [6, 6.07) is 8.46. The number of rotatable bonds is 5. The zero-order valence-electron chi connectivity index (χ0n) is 12.4. The Balaban J connectivity index is 2.14. The molecule has 0 radical (unpaired) electrons. The van der Waals surface area contributed by atoms with Crippen LogP contribution in [-0.4, -0.2) is 54.8 Å². The molecule has 1 aliphatic rings. The molecule has 7 nitrogen and oxygen atoms in total. The van der Waals surface area contributed by atoms with Gasteiger partial charge in [0.1, 0.15) is 17.4 Å². The molecule has 0 aromatic heterocycles. The number of hydrogen-bond acceptors (Lipinski definition) is 5. The van der Waals surface area contributed by atoms with Crippen molar-refractivity contribution < 1.29 is 24.2 Å². The number of amides is 1. The normalized spacial score (nSPS) is 14.9. The average molecular weight is 316 g/mol. The monoisotopic (exact) mass is 316 g/mol. The van der Waals surface area contributed by atoms with Crippen molar-refractivity contribution in [3.05, 3.63) is 35.4 Å². The summed E-state index contributed by atoms with van der Waals surface area (Å²) < 4.78 is 10.3. The fourth-order valence-electron chi connectivity index (χ4n) is 2.08. The molecule has 1 amide bonds. The van der Waals surface area contributed by atoms with E-state index in [9.17, 15) is 14.9 Å². The molecule has 1 aromatic carbocycles. The Hall–Kier alpha value is -2.85. The van der Waals surface area contributed by atoms with E-state index in [2.05, 4.69) is 0 Å². The SMILES string of the molecule is N#C/C(=C\c1cccc(OCC(=O)O)c1)C(=O)N1CCOCC1. The highest BCUT2D eigenvalue weighted by atomic mass is 16.5. The predicted octanol–water partition coefficient (Wildman–Crippen LogP) is 0.916. The maximum absolute atomic E-state index is 12.3. The summed E-state index contributed by atoms with van der Waals surface area (Å²) in [5.74, 6) is -1.06. The van der Waals surface area contributed by atoms with Crippen LogP contribution in [0.2, 0.25) is 0 Å². The van der Waals surface area contributed by atoms with Gasteiger partial charge in [-0.3, -0.25) is 4.79 Å². The van der Waals surface area contributed by atoms with Crippen LogP contribution in [0.4, 0.5) is 0 Å². The van der Waals surface area contributed by atoms with E-state index in [0.717, 1.165) is 0 Å². The van der Waals surface area contributed by atoms with Gasteiger partial charge in [0, 0.05) is 13.1 Å². The fraction of sp³-hybridized carbons (Fsp3) is 0.312. The average Bonchev–Trinajstić information content (AvgIpc) is 2.58. The van der Waals surface area contributed by atoms with Gasteiger partial charge in [-0.05, 0) is 23.8 Å². The summed E-state index contributed by atoms with van der Waals surface area (Å²) in [4.78, 5) is 24.4. The molecule has 0 saturated carbocycles. The van der Waals surface area contributed by atoms with Gasteiger partial charge in [0.2, 0.25) is 0 Å². The first-order valence-corrected chi connectivity index (χ1v) is 7.03. The lowest BCUT2D eigenvalue weighted by molar-refractivity contribution is -0.139. The summed E-state index contributed by atoms with van der Waals surface area (Å²) >= 11 is 0.